The zero-order chi connectivity index (χ0) is 11.2. The van der Waals surface area contributed by atoms with Gasteiger partial charge >= 0.3 is 6.08 Å². The van der Waals surface area contributed by atoms with Crippen molar-refractivity contribution in [1.29, 1.82) is 0 Å². The first-order valence-corrected chi connectivity index (χ1v) is 8.35. The molecule has 0 spiro atoms. The molecule has 0 aliphatic heterocycles. The van der Waals surface area contributed by atoms with Gasteiger partial charge in [-0.2, -0.15) is 14.4 Å². The lowest BCUT2D eigenvalue weighted by Crippen LogP contribution is -2.40. The molecule has 0 saturated carbocycles. The first kappa shape index (κ1) is 10.5. The average molecular weight is 245 g/mol. The van der Waals surface area contributed by atoms with Gasteiger partial charge in [0.25, 0.3) is 0 Å². The molecule has 7 heteroatoms. The smallest absolute Gasteiger partial charge is 0.312 e. The lowest BCUT2D eigenvalue weighted by molar-refractivity contribution is 0.544. The number of hydrogen-bond donors (Lipinski definition) is 1. The maximum atomic E-state index is 12.9. The molecule has 4 nitrogen and oxygen atoms in total. The van der Waals surface area contributed by atoms with E-state index in [2.05, 4.69) is 39.6 Å². The summed E-state index contributed by atoms with van der Waals surface area (Å²) in [5.41, 5.74) is 1.65. The second-order valence-electron chi connectivity index (χ2n) is 4.32. The molecule has 0 saturated heterocycles. The summed E-state index contributed by atoms with van der Waals surface area (Å²) < 4.78 is 12.9. The topological polar surface area (TPSA) is 54.5 Å². The second-order valence-corrected chi connectivity index (χ2v) is 9.65. The van der Waals surface area contributed by atoms with Gasteiger partial charge in [0.1, 0.15) is 13.6 Å². The zero-order valence-corrected chi connectivity index (χ0v) is 10.4. The van der Waals surface area contributed by atoms with Crippen molar-refractivity contribution >= 4 is 36.3 Å². The molecule has 15 heavy (non-hydrogen) atoms. The quantitative estimate of drug-likeness (QED) is 0.472. The van der Waals surface area contributed by atoms with Crippen LogP contribution in [0.1, 0.15) is 0 Å². The summed E-state index contributed by atoms with van der Waals surface area (Å²) in [6.07, 6.45) is -0.846. The third-order valence-electron chi connectivity index (χ3n) is 1.99. The number of hydrogen-bond acceptors (Lipinski definition) is 3. The van der Waals surface area contributed by atoms with Crippen LogP contribution in [0, 0.1) is 6.08 Å². The minimum Gasteiger partial charge on any atom is -0.342 e. The van der Waals surface area contributed by atoms with Gasteiger partial charge in [0.05, 0.1) is 5.45 Å². The van der Waals surface area contributed by atoms with Crippen molar-refractivity contribution in [3.8, 4) is 0 Å². The van der Waals surface area contributed by atoms with Crippen LogP contribution < -0.4 is 5.45 Å². The van der Waals surface area contributed by atoms with Crippen LogP contribution in [0.2, 0.25) is 24.8 Å². The molecule has 0 bridgehead atoms. The van der Waals surface area contributed by atoms with Crippen LogP contribution in [0.5, 0.6) is 0 Å². The fraction of sp³-hybridized carbons (Fsp3) is 0.375. The third-order valence-corrected chi connectivity index (χ3v) is 3.92. The summed E-state index contributed by atoms with van der Waals surface area (Å²) in [4.78, 5) is 14.3. The van der Waals surface area contributed by atoms with E-state index in [1.807, 2.05) is 0 Å². The summed E-state index contributed by atoms with van der Waals surface area (Å²) in [6, 6.07) is 0. The first-order valence-electron chi connectivity index (χ1n) is 4.47. The van der Waals surface area contributed by atoms with Crippen LogP contribution in [-0.4, -0.2) is 28.0 Å². The Bertz CT molecular complexity index is 519. The van der Waals surface area contributed by atoms with Gasteiger partial charge in [0.2, 0.25) is 0 Å². The van der Waals surface area contributed by atoms with E-state index < -0.39 is 14.2 Å². The predicted molar refractivity (Wildman–Crippen MR) is 59.6 cm³/mol. The average Bonchev–Trinajstić information content (AvgIpc) is 2.46. The molecule has 0 atom stereocenters. The Morgan fingerprint density at radius 2 is 1.87 bits per heavy atom. The molecular formula is C8H10ClFN4Si. The van der Waals surface area contributed by atoms with Gasteiger partial charge in [0.15, 0.2) is 10.8 Å². The molecule has 2 rings (SSSR count). The Morgan fingerprint density at radius 3 is 2.47 bits per heavy atom. The van der Waals surface area contributed by atoms with E-state index in [1.54, 1.807) is 0 Å². The SMILES string of the molecule is C[Si](C)(C)c1nc2nc(F)nc(Cl)c2[nH]1. The van der Waals surface area contributed by atoms with Crippen molar-refractivity contribution in [1.82, 2.24) is 19.9 Å². The highest BCUT2D eigenvalue weighted by Crippen LogP contribution is 2.16. The van der Waals surface area contributed by atoms with Crippen molar-refractivity contribution in [2.75, 3.05) is 0 Å². The zero-order valence-electron chi connectivity index (χ0n) is 8.60. The molecule has 0 unspecified atom stereocenters. The Hall–Kier alpha value is -1.01. The highest BCUT2D eigenvalue weighted by molar-refractivity contribution is 6.87. The predicted octanol–water partition coefficient (Wildman–Crippen LogP) is 1.69. The minimum absolute atomic E-state index is 0.0782. The lowest BCUT2D eigenvalue weighted by atomic mass is 10.6. The fourth-order valence-corrected chi connectivity index (χ4v) is 2.34. The Kier molecular flexibility index (Phi) is 2.27. The van der Waals surface area contributed by atoms with E-state index in [1.165, 1.54) is 0 Å². The second kappa shape index (κ2) is 3.24. The van der Waals surface area contributed by atoms with Gasteiger partial charge in [-0.3, -0.25) is 0 Å². The third kappa shape index (κ3) is 1.87. The number of H-pyrrole nitrogens is 1. The number of halogens is 2. The van der Waals surface area contributed by atoms with Crippen LogP contribution in [0.25, 0.3) is 11.2 Å². The number of fused-ring (bicyclic) bond motifs is 1. The van der Waals surface area contributed by atoms with Crippen molar-refractivity contribution < 1.29 is 4.39 Å². The summed E-state index contributed by atoms with van der Waals surface area (Å²) >= 11 is 5.78. The van der Waals surface area contributed by atoms with E-state index in [0.29, 0.717) is 11.2 Å². The molecule has 2 aromatic rings. The largest absolute Gasteiger partial charge is 0.342 e. The molecule has 1 N–H and O–H groups in total. The molecule has 2 aromatic heterocycles. The molecule has 2 heterocycles. The van der Waals surface area contributed by atoms with Crippen LogP contribution in [0.15, 0.2) is 0 Å². The number of nitrogens with one attached hydrogen (secondary N) is 1. The standard InChI is InChI=1S/C8H10ClFN4Si/c1-15(2,3)8-11-4-5(9)12-7(10)13-6(4)14-8/h1-3H3,(H,11,12,13,14). The minimum atomic E-state index is -1.57. The molecule has 0 amide bonds. The number of nitrogens with zero attached hydrogens (tertiary/aromatic N) is 3. The highest BCUT2D eigenvalue weighted by atomic mass is 35.5. The van der Waals surface area contributed by atoms with Crippen LogP contribution in [0.3, 0.4) is 0 Å². The Morgan fingerprint density at radius 1 is 1.20 bits per heavy atom. The molecule has 0 fully saturated rings. The number of imidazole rings is 1. The van der Waals surface area contributed by atoms with Crippen LogP contribution >= 0.6 is 11.6 Å². The van der Waals surface area contributed by atoms with Crippen LogP contribution in [-0.2, 0) is 0 Å². The molecular weight excluding hydrogens is 235 g/mol. The first-order chi connectivity index (χ1) is 6.88. The highest BCUT2D eigenvalue weighted by Gasteiger charge is 2.22. The summed E-state index contributed by atoms with van der Waals surface area (Å²) in [5, 5.41) is 0.0782. The maximum Gasteiger partial charge on any atom is 0.312 e. The van der Waals surface area contributed by atoms with Gasteiger partial charge in [-0.25, -0.2) is 4.98 Å². The van der Waals surface area contributed by atoms with Gasteiger partial charge in [-0.05, 0) is 0 Å². The fourth-order valence-electron chi connectivity index (χ4n) is 1.19. The monoisotopic (exact) mass is 244 g/mol. The van der Waals surface area contributed by atoms with E-state index in [4.69, 9.17) is 11.6 Å². The van der Waals surface area contributed by atoms with E-state index in [-0.39, 0.29) is 5.15 Å². The van der Waals surface area contributed by atoms with Gasteiger partial charge in [-0.1, -0.05) is 31.2 Å². The molecule has 0 aromatic carbocycles. The van der Waals surface area contributed by atoms with Crippen molar-refractivity contribution in [2.24, 2.45) is 0 Å². The maximum absolute atomic E-state index is 12.9. The Labute approximate surface area is 91.9 Å². The number of aromatic nitrogens is 4. The van der Waals surface area contributed by atoms with Gasteiger partial charge < -0.3 is 4.98 Å². The van der Waals surface area contributed by atoms with E-state index >= 15 is 0 Å². The van der Waals surface area contributed by atoms with Crippen LogP contribution in [0.4, 0.5) is 4.39 Å². The molecule has 0 aliphatic rings. The number of rotatable bonds is 1. The van der Waals surface area contributed by atoms with Gasteiger partial charge in [-0.15, -0.1) is 0 Å². The normalized spacial score (nSPS) is 12.3. The summed E-state index contributed by atoms with van der Waals surface area (Å²) in [6.45, 7) is 6.38. The molecule has 0 radical (unpaired) electrons. The summed E-state index contributed by atoms with van der Waals surface area (Å²) in [5.74, 6) is 0. The van der Waals surface area contributed by atoms with E-state index in [9.17, 15) is 4.39 Å². The Balaban J connectivity index is 2.71. The summed E-state index contributed by atoms with van der Waals surface area (Å²) in [7, 11) is -1.57. The van der Waals surface area contributed by atoms with Crippen molar-refractivity contribution in [3.05, 3.63) is 11.2 Å². The van der Waals surface area contributed by atoms with Crippen molar-refractivity contribution in [2.45, 2.75) is 19.6 Å². The molecule has 0 aliphatic carbocycles. The van der Waals surface area contributed by atoms with Crippen molar-refractivity contribution in [3.63, 3.8) is 0 Å². The number of aromatic amines is 1. The van der Waals surface area contributed by atoms with Gasteiger partial charge in [0, 0.05) is 0 Å². The molecule has 80 valence electrons. The lowest BCUT2D eigenvalue weighted by Gasteiger charge is -2.10. The van der Waals surface area contributed by atoms with E-state index in [0.717, 1.165) is 5.45 Å².